The van der Waals surface area contributed by atoms with Crippen LogP contribution in [0.1, 0.15) is 43.0 Å². The van der Waals surface area contributed by atoms with Crippen LogP contribution in [0.2, 0.25) is 5.02 Å². The minimum atomic E-state index is -0.666. The zero-order valence-electron chi connectivity index (χ0n) is 16.3. The number of hydrogen-bond acceptors (Lipinski definition) is 4. The summed E-state index contributed by atoms with van der Waals surface area (Å²) in [6, 6.07) is 11.7. The molecule has 0 radical (unpaired) electrons. The van der Waals surface area contributed by atoms with Crippen LogP contribution in [0, 0.1) is 0 Å². The van der Waals surface area contributed by atoms with E-state index in [1.165, 1.54) is 4.90 Å². The molecule has 2 atom stereocenters. The minimum absolute atomic E-state index is 0.0756. The number of halogens is 1. The number of carbonyl (C=O) groups is 2. The molecule has 29 heavy (non-hydrogen) atoms. The van der Waals surface area contributed by atoms with Gasteiger partial charge in [-0.1, -0.05) is 30.7 Å². The van der Waals surface area contributed by atoms with Gasteiger partial charge in [0.05, 0.1) is 11.6 Å². The van der Waals surface area contributed by atoms with Gasteiger partial charge in [0.2, 0.25) is 0 Å². The molecule has 1 N–H and O–H groups in total. The molecule has 2 aliphatic heterocycles. The largest absolute Gasteiger partial charge is 0.507 e. The van der Waals surface area contributed by atoms with E-state index < -0.39 is 17.7 Å². The summed E-state index contributed by atoms with van der Waals surface area (Å²) in [6.07, 6.45) is 1.51. The lowest BCUT2D eigenvalue weighted by Gasteiger charge is -2.25. The van der Waals surface area contributed by atoms with E-state index >= 15 is 0 Å². The van der Waals surface area contributed by atoms with Gasteiger partial charge in [0.15, 0.2) is 0 Å². The first kappa shape index (κ1) is 19.5. The number of ether oxygens (including phenoxy) is 1. The molecule has 6 heteroatoms. The Hall–Kier alpha value is -2.79. The van der Waals surface area contributed by atoms with Gasteiger partial charge in [-0.3, -0.25) is 9.59 Å². The number of benzene rings is 2. The molecule has 2 unspecified atom stereocenters. The Morgan fingerprint density at radius 1 is 1.21 bits per heavy atom. The number of aliphatic hydroxyl groups is 1. The molecule has 2 heterocycles. The van der Waals surface area contributed by atoms with E-state index in [1.54, 1.807) is 36.4 Å². The Kier molecular flexibility index (Phi) is 5.09. The predicted molar refractivity (Wildman–Crippen MR) is 111 cm³/mol. The summed E-state index contributed by atoms with van der Waals surface area (Å²) in [5.41, 5.74) is 2.33. The number of rotatable bonds is 4. The summed E-state index contributed by atoms with van der Waals surface area (Å²) in [5, 5.41) is 11.7. The monoisotopic (exact) mass is 411 g/mol. The second-order valence-electron chi connectivity index (χ2n) is 7.50. The molecule has 0 aliphatic carbocycles. The van der Waals surface area contributed by atoms with Crippen LogP contribution >= 0.6 is 11.6 Å². The number of likely N-dealkylation sites (tertiary alicyclic amines) is 1. The molecule has 0 saturated carbocycles. The van der Waals surface area contributed by atoms with Gasteiger partial charge in [0.25, 0.3) is 11.7 Å². The maximum Gasteiger partial charge on any atom is 0.295 e. The lowest BCUT2D eigenvalue weighted by atomic mass is 9.94. The fraction of sp³-hybridized carbons (Fsp3) is 0.304. The molecule has 0 spiro atoms. The number of hydrogen-bond donors (Lipinski definition) is 1. The standard InChI is InChI=1S/C23H22ClNO4/c1-3-10-25-20(14-4-7-17(24)8-5-14)19(22(27)23(25)28)21(26)15-6-9-18-16(12-15)11-13(2)29-18/h4-9,12-13,20,26H,3,10-11H2,1-2H3/b21-19-. The minimum Gasteiger partial charge on any atom is -0.507 e. The summed E-state index contributed by atoms with van der Waals surface area (Å²) < 4.78 is 5.72. The summed E-state index contributed by atoms with van der Waals surface area (Å²) in [6.45, 7) is 4.35. The van der Waals surface area contributed by atoms with Crippen LogP contribution in [0.25, 0.3) is 5.76 Å². The smallest absolute Gasteiger partial charge is 0.295 e. The maximum atomic E-state index is 12.9. The molecule has 0 bridgehead atoms. The molecule has 2 aromatic rings. The third kappa shape index (κ3) is 3.40. The molecule has 150 valence electrons. The number of nitrogens with zero attached hydrogens (tertiary/aromatic N) is 1. The average molecular weight is 412 g/mol. The summed E-state index contributed by atoms with van der Waals surface area (Å²) >= 11 is 6.01. The van der Waals surface area contributed by atoms with Gasteiger partial charge in [0, 0.05) is 23.6 Å². The van der Waals surface area contributed by atoms with Crippen LogP contribution in [-0.2, 0) is 16.0 Å². The molecular formula is C23H22ClNO4. The van der Waals surface area contributed by atoms with Crippen LogP contribution in [0.3, 0.4) is 0 Å². The topological polar surface area (TPSA) is 66.8 Å². The van der Waals surface area contributed by atoms with E-state index in [4.69, 9.17) is 16.3 Å². The highest BCUT2D eigenvalue weighted by Gasteiger charge is 2.45. The highest BCUT2D eigenvalue weighted by molar-refractivity contribution is 6.46. The van der Waals surface area contributed by atoms with Gasteiger partial charge in [-0.05, 0) is 54.8 Å². The molecule has 5 nitrogen and oxygen atoms in total. The van der Waals surface area contributed by atoms with Crippen LogP contribution < -0.4 is 4.74 Å². The Balaban J connectivity index is 1.84. The number of amides is 1. The molecular weight excluding hydrogens is 390 g/mol. The van der Waals surface area contributed by atoms with Crippen LogP contribution in [0.15, 0.2) is 48.0 Å². The number of fused-ring (bicyclic) bond motifs is 1. The van der Waals surface area contributed by atoms with Gasteiger partial charge < -0.3 is 14.7 Å². The fourth-order valence-corrected chi connectivity index (χ4v) is 4.19. The Labute approximate surface area is 174 Å². The van der Waals surface area contributed by atoms with Crippen molar-refractivity contribution < 1.29 is 19.4 Å². The zero-order valence-corrected chi connectivity index (χ0v) is 17.1. The molecule has 4 rings (SSSR count). The predicted octanol–water partition coefficient (Wildman–Crippen LogP) is 4.50. The SMILES string of the molecule is CCCN1C(=O)C(=O)/C(=C(\O)c2ccc3c(c2)CC(C)O3)C1c1ccc(Cl)cc1. The third-order valence-corrected chi connectivity index (χ3v) is 5.61. The number of carbonyl (C=O) groups excluding carboxylic acids is 2. The van der Waals surface area contributed by atoms with E-state index in [9.17, 15) is 14.7 Å². The molecule has 2 aromatic carbocycles. The summed E-state index contributed by atoms with van der Waals surface area (Å²) in [5.74, 6) is -0.633. The lowest BCUT2D eigenvalue weighted by molar-refractivity contribution is -0.139. The first-order chi connectivity index (χ1) is 13.9. The second-order valence-corrected chi connectivity index (χ2v) is 7.94. The van der Waals surface area contributed by atoms with Crippen molar-refractivity contribution in [2.45, 2.75) is 38.8 Å². The maximum absolute atomic E-state index is 12.9. The van der Waals surface area contributed by atoms with E-state index in [2.05, 4.69) is 0 Å². The third-order valence-electron chi connectivity index (χ3n) is 5.36. The second kappa shape index (κ2) is 7.56. The van der Waals surface area contributed by atoms with E-state index in [-0.39, 0.29) is 17.4 Å². The van der Waals surface area contributed by atoms with E-state index in [1.807, 2.05) is 19.9 Å². The number of Topliss-reactive ketones (excluding diaryl/α,β-unsaturated/α-hetero) is 1. The molecule has 0 aromatic heterocycles. The van der Waals surface area contributed by atoms with Gasteiger partial charge in [0.1, 0.15) is 17.6 Å². The van der Waals surface area contributed by atoms with Gasteiger partial charge >= 0.3 is 0 Å². The Morgan fingerprint density at radius 3 is 2.62 bits per heavy atom. The van der Waals surface area contributed by atoms with Crippen molar-refractivity contribution in [2.24, 2.45) is 0 Å². The average Bonchev–Trinajstić information content (AvgIpc) is 3.19. The molecule has 1 fully saturated rings. The Bertz CT molecular complexity index is 1010. The molecule has 1 amide bonds. The first-order valence-corrected chi connectivity index (χ1v) is 10.1. The Morgan fingerprint density at radius 2 is 1.93 bits per heavy atom. The molecule has 2 aliphatic rings. The van der Waals surface area contributed by atoms with Crippen molar-refractivity contribution >= 4 is 29.1 Å². The summed E-state index contributed by atoms with van der Waals surface area (Å²) in [7, 11) is 0. The number of ketones is 1. The van der Waals surface area contributed by atoms with Gasteiger partial charge in [-0.25, -0.2) is 0 Å². The van der Waals surface area contributed by atoms with Crippen molar-refractivity contribution in [1.29, 1.82) is 0 Å². The van der Waals surface area contributed by atoms with Crippen molar-refractivity contribution in [3.05, 3.63) is 69.8 Å². The van der Waals surface area contributed by atoms with Crippen LogP contribution in [0.5, 0.6) is 5.75 Å². The highest BCUT2D eigenvalue weighted by atomic mass is 35.5. The van der Waals surface area contributed by atoms with Crippen molar-refractivity contribution in [3.8, 4) is 5.75 Å². The van der Waals surface area contributed by atoms with Crippen LogP contribution in [0.4, 0.5) is 0 Å². The van der Waals surface area contributed by atoms with Gasteiger partial charge in [-0.2, -0.15) is 0 Å². The van der Waals surface area contributed by atoms with E-state index in [0.29, 0.717) is 23.6 Å². The van der Waals surface area contributed by atoms with Crippen molar-refractivity contribution in [3.63, 3.8) is 0 Å². The number of aliphatic hydroxyl groups excluding tert-OH is 1. The molecule has 1 saturated heterocycles. The van der Waals surface area contributed by atoms with Crippen molar-refractivity contribution in [1.82, 2.24) is 4.90 Å². The van der Waals surface area contributed by atoms with Crippen molar-refractivity contribution in [2.75, 3.05) is 6.54 Å². The first-order valence-electron chi connectivity index (χ1n) is 9.74. The normalized spacial score (nSPS) is 22.7. The quantitative estimate of drug-likeness (QED) is 0.457. The highest BCUT2D eigenvalue weighted by Crippen LogP contribution is 2.40. The summed E-state index contributed by atoms with van der Waals surface area (Å²) in [4.78, 5) is 27.1. The van der Waals surface area contributed by atoms with Gasteiger partial charge in [-0.15, -0.1) is 0 Å². The lowest BCUT2D eigenvalue weighted by Crippen LogP contribution is -2.30. The van der Waals surface area contributed by atoms with Crippen LogP contribution in [-0.4, -0.2) is 34.3 Å². The fourth-order valence-electron chi connectivity index (χ4n) is 4.07. The zero-order chi connectivity index (χ0) is 20.7. The van der Waals surface area contributed by atoms with E-state index in [0.717, 1.165) is 23.3 Å².